The summed E-state index contributed by atoms with van der Waals surface area (Å²) in [4.78, 5) is 25.9. The lowest BCUT2D eigenvalue weighted by molar-refractivity contribution is -0.139. The number of amides is 2. The normalized spacial score (nSPS) is 18.0. The van der Waals surface area contributed by atoms with Crippen molar-refractivity contribution in [1.82, 2.24) is 25.3 Å². The van der Waals surface area contributed by atoms with Crippen molar-refractivity contribution in [2.45, 2.75) is 26.4 Å². The molecule has 0 aliphatic carbocycles. The van der Waals surface area contributed by atoms with Crippen LogP contribution in [0.25, 0.3) is 0 Å². The molecule has 2 heterocycles. The summed E-state index contributed by atoms with van der Waals surface area (Å²) >= 11 is 0. The van der Waals surface area contributed by atoms with Gasteiger partial charge >= 0.3 is 12.0 Å². The molecule has 0 spiro atoms. The first-order valence-corrected chi connectivity index (χ1v) is 7.54. The molecule has 2 amide bonds. The van der Waals surface area contributed by atoms with E-state index >= 15 is 0 Å². The zero-order chi connectivity index (χ0) is 17.0. The highest BCUT2D eigenvalue weighted by Gasteiger charge is 2.30. The number of esters is 1. The summed E-state index contributed by atoms with van der Waals surface area (Å²) in [6.45, 7) is 4.91. The second-order valence-corrected chi connectivity index (χ2v) is 5.63. The Bertz CT molecular complexity index is 622. The van der Waals surface area contributed by atoms with Crippen molar-refractivity contribution >= 4 is 12.0 Å². The first kappa shape index (κ1) is 17.0. The number of nitrogens with zero attached hydrogens (tertiary/aromatic N) is 3. The molecule has 0 saturated heterocycles. The predicted octanol–water partition coefficient (Wildman–Crippen LogP) is 0.370. The molecule has 8 nitrogen and oxygen atoms in total. The maximum Gasteiger partial charge on any atom is 0.337 e. The summed E-state index contributed by atoms with van der Waals surface area (Å²) in [6, 6.07) is -0.695. The highest BCUT2D eigenvalue weighted by Crippen LogP contribution is 2.15. The average Bonchev–Trinajstić information content (AvgIpc) is 2.83. The van der Waals surface area contributed by atoms with E-state index in [1.807, 2.05) is 25.2 Å². The fourth-order valence-corrected chi connectivity index (χ4v) is 2.60. The van der Waals surface area contributed by atoms with Gasteiger partial charge in [-0.1, -0.05) is 0 Å². The van der Waals surface area contributed by atoms with Crippen LogP contribution in [-0.2, 0) is 23.1 Å². The van der Waals surface area contributed by atoms with Crippen LogP contribution in [-0.4, -0.2) is 52.9 Å². The summed E-state index contributed by atoms with van der Waals surface area (Å²) < 4.78 is 6.84. The lowest BCUT2D eigenvalue weighted by atomic mass is 10.0. The summed E-state index contributed by atoms with van der Waals surface area (Å²) in [5.74, 6) is -0.405. The number of aryl methyl sites for hydroxylation is 1. The lowest BCUT2D eigenvalue weighted by Crippen LogP contribution is -2.51. The summed E-state index contributed by atoms with van der Waals surface area (Å²) in [5.41, 5.74) is 2.09. The van der Waals surface area contributed by atoms with Crippen LogP contribution >= 0.6 is 0 Å². The van der Waals surface area contributed by atoms with E-state index in [0.29, 0.717) is 31.0 Å². The summed E-state index contributed by atoms with van der Waals surface area (Å²) in [5, 5.41) is 9.54. The Morgan fingerprint density at radius 2 is 2.22 bits per heavy atom. The van der Waals surface area contributed by atoms with Gasteiger partial charge in [-0.3, -0.25) is 9.58 Å². The second-order valence-electron chi connectivity index (χ2n) is 5.63. The third-order valence-electron chi connectivity index (χ3n) is 3.50. The Kier molecular flexibility index (Phi) is 5.38. The molecule has 1 aliphatic heterocycles. The molecule has 1 aromatic heterocycles. The number of nitrogens with one attached hydrogen (secondary N) is 2. The number of rotatable bonds is 6. The molecule has 1 aromatic rings. The van der Waals surface area contributed by atoms with Gasteiger partial charge in [0.15, 0.2) is 0 Å². The number of likely N-dealkylation sites (N-methyl/N-ethyl adjacent to an activating group) is 1. The SMILES string of the molecule is CCOC(=O)C1=C(CN(C)Cc2cnn(C)c2)NC(=O)NC1C. The van der Waals surface area contributed by atoms with Crippen molar-refractivity contribution in [2.75, 3.05) is 20.2 Å². The van der Waals surface area contributed by atoms with Gasteiger partial charge in [0.2, 0.25) is 0 Å². The van der Waals surface area contributed by atoms with Crippen LogP contribution in [0.3, 0.4) is 0 Å². The molecule has 23 heavy (non-hydrogen) atoms. The number of hydrogen-bond acceptors (Lipinski definition) is 5. The van der Waals surface area contributed by atoms with Gasteiger partial charge in [0.1, 0.15) is 0 Å². The number of urea groups is 1. The second kappa shape index (κ2) is 7.28. The number of hydrogen-bond donors (Lipinski definition) is 2. The Morgan fingerprint density at radius 1 is 1.48 bits per heavy atom. The van der Waals surface area contributed by atoms with Gasteiger partial charge in [-0.2, -0.15) is 5.10 Å². The molecule has 8 heteroatoms. The molecular formula is C15H23N5O3. The zero-order valence-electron chi connectivity index (χ0n) is 13.9. The van der Waals surface area contributed by atoms with Crippen molar-refractivity contribution in [2.24, 2.45) is 7.05 Å². The van der Waals surface area contributed by atoms with E-state index in [1.54, 1.807) is 24.7 Å². The van der Waals surface area contributed by atoms with Gasteiger partial charge in [0.05, 0.1) is 24.4 Å². The molecule has 0 radical (unpaired) electrons. The highest BCUT2D eigenvalue weighted by atomic mass is 16.5. The summed E-state index contributed by atoms with van der Waals surface area (Å²) in [7, 11) is 3.78. The van der Waals surface area contributed by atoms with Crippen LogP contribution < -0.4 is 10.6 Å². The molecule has 0 fully saturated rings. The molecule has 0 bridgehead atoms. The highest BCUT2D eigenvalue weighted by molar-refractivity contribution is 5.94. The van der Waals surface area contributed by atoms with Crippen molar-refractivity contribution in [3.05, 3.63) is 29.2 Å². The topological polar surface area (TPSA) is 88.5 Å². The standard InChI is InChI=1S/C15H23N5O3/c1-5-23-14(21)13-10(2)17-15(22)18-12(13)9-19(3)7-11-6-16-20(4)8-11/h6,8,10H,5,7,9H2,1-4H3,(H2,17,18,22). The van der Waals surface area contributed by atoms with Gasteiger partial charge in [-0.15, -0.1) is 0 Å². The van der Waals surface area contributed by atoms with E-state index < -0.39 is 5.97 Å². The molecule has 126 valence electrons. The molecule has 0 saturated carbocycles. The Hall–Kier alpha value is -2.35. The predicted molar refractivity (Wildman–Crippen MR) is 84.3 cm³/mol. The molecular weight excluding hydrogens is 298 g/mol. The molecule has 2 N–H and O–H groups in total. The van der Waals surface area contributed by atoms with Crippen LogP contribution in [0.15, 0.2) is 23.7 Å². The summed E-state index contributed by atoms with van der Waals surface area (Å²) in [6.07, 6.45) is 3.72. The maximum atomic E-state index is 12.2. The third kappa shape index (κ3) is 4.32. The number of ether oxygens (including phenoxy) is 1. The first-order valence-electron chi connectivity index (χ1n) is 7.54. The molecule has 0 aromatic carbocycles. The van der Waals surface area contributed by atoms with Crippen molar-refractivity contribution in [1.29, 1.82) is 0 Å². The van der Waals surface area contributed by atoms with Crippen LogP contribution in [0.1, 0.15) is 19.4 Å². The molecule has 1 unspecified atom stereocenters. The van der Waals surface area contributed by atoms with E-state index in [2.05, 4.69) is 15.7 Å². The largest absolute Gasteiger partial charge is 0.463 e. The van der Waals surface area contributed by atoms with E-state index in [9.17, 15) is 9.59 Å². The molecule has 2 rings (SSSR count). The number of carbonyl (C=O) groups excluding carboxylic acids is 2. The van der Waals surface area contributed by atoms with Crippen molar-refractivity contribution in [3.8, 4) is 0 Å². The zero-order valence-corrected chi connectivity index (χ0v) is 13.9. The molecule has 1 atom stereocenters. The Balaban J connectivity index is 2.15. The van der Waals surface area contributed by atoms with E-state index in [1.165, 1.54) is 0 Å². The van der Waals surface area contributed by atoms with E-state index in [4.69, 9.17) is 4.74 Å². The van der Waals surface area contributed by atoms with Crippen LogP contribution in [0.4, 0.5) is 4.79 Å². The maximum absolute atomic E-state index is 12.2. The fourth-order valence-electron chi connectivity index (χ4n) is 2.60. The minimum absolute atomic E-state index is 0.293. The fraction of sp³-hybridized carbons (Fsp3) is 0.533. The smallest absolute Gasteiger partial charge is 0.337 e. The van der Waals surface area contributed by atoms with Gasteiger partial charge in [-0.25, -0.2) is 9.59 Å². The van der Waals surface area contributed by atoms with Gasteiger partial charge < -0.3 is 15.4 Å². The van der Waals surface area contributed by atoms with Crippen LogP contribution in [0.5, 0.6) is 0 Å². The monoisotopic (exact) mass is 321 g/mol. The third-order valence-corrected chi connectivity index (χ3v) is 3.50. The minimum atomic E-state index is -0.405. The number of aromatic nitrogens is 2. The van der Waals surface area contributed by atoms with Crippen LogP contribution in [0.2, 0.25) is 0 Å². The van der Waals surface area contributed by atoms with Crippen molar-refractivity contribution < 1.29 is 14.3 Å². The van der Waals surface area contributed by atoms with Gasteiger partial charge in [0.25, 0.3) is 0 Å². The molecule has 1 aliphatic rings. The lowest BCUT2D eigenvalue weighted by Gasteiger charge is -2.28. The minimum Gasteiger partial charge on any atom is -0.463 e. The van der Waals surface area contributed by atoms with Gasteiger partial charge in [-0.05, 0) is 20.9 Å². The van der Waals surface area contributed by atoms with E-state index in [0.717, 1.165) is 5.56 Å². The van der Waals surface area contributed by atoms with Crippen molar-refractivity contribution in [3.63, 3.8) is 0 Å². The van der Waals surface area contributed by atoms with E-state index in [-0.39, 0.29) is 12.1 Å². The first-order chi connectivity index (χ1) is 10.9. The quantitative estimate of drug-likeness (QED) is 0.739. The van der Waals surface area contributed by atoms with Crippen LogP contribution in [0, 0.1) is 0 Å². The average molecular weight is 321 g/mol. The number of carbonyl (C=O) groups is 2. The Morgan fingerprint density at radius 3 is 2.83 bits per heavy atom. The van der Waals surface area contributed by atoms with Gasteiger partial charge in [0, 0.05) is 37.6 Å². The Labute approximate surface area is 135 Å².